The molecular formula is C26H28ClN5O2. The first-order valence-electron chi connectivity index (χ1n) is 11.7. The highest BCUT2D eigenvalue weighted by atomic mass is 35.5. The molecule has 1 atom stereocenters. The summed E-state index contributed by atoms with van der Waals surface area (Å²) in [7, 11) is 0. The maximum Gasteiger partial charge on any atom is 0.250 e. The molecule has 7 nitrogen and oxygen atoms in total. The van der Waals surface area contributed by atoms with Gasteiger partial charge in [0.25, 0.3) is 5.91 Å². The van der Waals surface area contributed by atoms with Gasteiger partial charge >= 0.3 is 0 Å². The van der Waals surface area contributed by atoms with Crippen LogP contribution in [0.2, 0.25) is 5.02 Å². The van der Waals surface area contributed by atoms with E-state index in [1.165, 1.54) is 11.1 Å². The summed E-state index contributed by atoms with van der Waals surface area (Å²) in [6, 6.07) is 13.3. The molecule has 3 aromatic rings. The molecular weight excluding hydrogens is 450 g/mol. The molecule has 1 saturated heterocycles. The molecule has 176 valence electrons. The fourth-order valence-electron chi connectivity index (χ4n) is 4.94. The van der Waals surface area contributed by atoms with Crippen LogP contribution >= 0.6 is 11.6 Å². The Bertz CT molecular complexity index is 1190. The van der Waals surface area contributed by atoms with Gasteiger partial charge in [-0.25, -0.2) is 4.98 Å². The van der Waals surface area contributed by atoms with Gasteiger partial charge in [0.05, 0.1) is 12.7 Å². The van der Waals surface area contributed by atoms with Crippen molar-refractivity contribution in [2.24, 2.45) is 0 Å². The zero-order valence-electron chi connectivity index (χ0n) is 19.2. The number of rotatable bonds is 5. The molecule has 8 heteroatoms. The van der Waals surface area contributed by atoms with Crippen molar-refractivity contribution < 1.29 is 9.59 Å². The third-order valence-electron chi connectivity index (χ3n) is 6.84. The van der Waals surface area contributed by atoms with E-state index in [0.29, 0.717) is 24.7 Å². The molecule has 5 rings (SSSR count). The van der Waals surface area contributed by atoms with Gasteiger partial charge < -0.3 is 19.3 Å². The van der Waals surface area contributed by atoms with Gasteiger partial charge in [0, 0.05) is 61.5 Å². The fraction of sp³-hybridized carbons (Fsp3) is 0.346. The number of carbonyl (C=O) groups excluding carboxylic acids is 2. The lowest BCUT2D eigenvalue weighted by molar-refractivity contribution is -0.135. The Morgan fingerprint density at radius 2 is 1.82 bits per heavy atom. The minimum Gasteiger partial charge on any atom is -0.368 e. The molecule has 0 aliphatic carbocycles. The standard InChI is InChI=1S/C26H28ClN5O2/c1-19-6-7-21(27)16-23(19)29-12-14-30(15-13-29)25(33)17-24(31-11-9-28-18-31)26(34)32-10-8-20-4-2-3-5-22(20)32/h2-7,9,11,16,18,24H,8,10,12-15,17H2,1H3/t24-/m0/s1. The maximum absolute atomic E-state index is 13.6. The van der Waals surface area contributed by atoms with Crippen molar-refractivity contribution in [3.63, 3.8) is 0 Å². The zero-order valence-corrected chi connectivity index (χ0v) is 20.0. The number of para-hydroxylation sites is 1. The van der Waals surface area contributed by atoms with Crippen LogP contribution in [0.5, 0.6) is 0 Å². The minimum atomic E-state index is -0.616. The van der Waals surface area contributed by atoms with Crippen LogP contribution in [-0.4, -0.2) is 59.0 Å². The van der Waals surface area contributed by atoms with E-state index in [-0.39, 0.29) is 18.2 Å². The average molecular weight is 478 g/mol. The molecule has 0 saturated carbocycles. The molecule has 0 N–H and O–H groups in total. The van der Waals surface area contributed by atoms with E-state index < -0.39 is 6.04 Å². The predicted molar refractivity (Wildman–Crippen MR) is 133 cm³/mol. The molecule has 3 heterocycles. The smallest absolute Gasteiger partial charge is 0.250 e. The normalized spacial score (nSPS) is 16.5. The number of imidazole rings is 1. The van der Waals surface area contributed by atoms with Crippen molar-refractivity contribution in [2.45, 2.75) is 25.8 Å². The first kappa shape index (κ1) is 22.5. The lowest BCUT2D eigenvalue weighted by Crippen LogP contribution is -2.50. The molecule has 0 unspecified atom stereocenters. The SMILES string of the molecule is Cc1ccc(Cl)cc1N1CCN(C(=O)C[C@@H](C(=O)N2CCc3ccccc32)n2ccnc2)CC1. The number of hydrogen-bond donors (Lipinski definition) is 0. The summed E-state index contributed by atoms with van der Waals surface area (Å²) < 4.78 is 1.76. The number of halogens is 1. The van der Waals surface area contributed by atoms with Gasteiger partial charge in [-0.15, -0.1) is 0 Å². The van der Waals surface area contributed by atoms with Gasteiger partial charge in [-0.1, -0.05) is 35.9 Å². The molecule has 2 aromatic carbocycles. The lowest BCUT2D eigenvalue weighted by atomic mass is 10.1. The second-order valence-corrected chi connectivity index (χ2v) is 9.33. The summed E-state index contributed by atoms with van der Waals surface area (Å²) in [5, 5.41) is 0.712. The highest BCUT2D eigenvalue weighted by molar-refractivity contribution is 6.30. The monoisotopic (exact) mass is 477 g/mol. The van der Waals surface area contributed by atoms with Gasteiger partial charge in [0.2, 0.25) is 5.91 Å². The highest BCUT2D eigenvalue weighted by Crippen LogP contribution is 2.31. The van der Waals surface area contributed by atoms with Gasteiger partial charge in [0.1, 0.15) is 6.04 Å². The summed E-state index contributed by atoms with van der Waals surface area (Å²) in [6.45, 7) is 5.40. The number of nitrogens with zero attached hydrogens (tertiary/aromatic N) is 5. The molecule has 34 heavy (non-hydrogen) atoms. The second-order valence-electron chi connectivity index (χ2n) is 8.90. The second kappa shape index (κ2) is 9.50. The van der Waals surface area contributed by atoms with Crippen molar-refractivity contribution in [3.8, 4) is 0 Å². The van der Waals surface area contributed by atoms with Crippen molar-refractivity contribution in [1.29, 1.82) is 0 Å². The Kier molecular flexibility index (Phi) is 6.28. The molecule has 0 bridgehead atoms. The van der Waals surface area contributed by atoms with E-state index in [4.69, 9.17) is 11.6 Å². The molecule has 1 fully saturated rings. The lowest BCUT2D eigenvalue weighted by Gasteiger charge is -2.37. The Labute approximate surface area is 204 Å². The number of fused-ring (bicyclic) bond motifs is 1. The van der Waals surface area contributed by atoms with Crippen LogP contribution in [0.1, 0.15) is 23.6 Å². The molecule has 2 aliphatic rings. The number of benzene rings is 2. The summed E-state index contributed by atoms with van der Waals surface area (Å²) in [6.07, 6.45) is 5.98. The molecule has 0 spiro atoms. The Balaban J connectivity index is 1.28. The topological polar surface area (TPSA) is 61.7 Å². The van der Waals surface area contributed by atoms with Crippen LogP contribution in [0, 0.1) is 6.92 Å². The van der Waals surface area contributed by atoms with Crippen LogP contribution in [0.4, 0.5) is 11.4 Å². The van der Waals surface area contributed by atoms with E-state index >= 15 is 0 Å². The average Bonchev–Trinajstić information content (AvgIpc) is 3.54. The maximum atomic E-state index is 13.6. The Morgan fingerprint density at radius 1 is 1.03 bits per heavy atom. The summed E-state index contributed by atoms with van der Waals surface area (Å²) in [5.41, 5.74) is 4.38. The number of aryl methyl sites for hydroxylation is 1. The van der Waals surface area contributed by atoms with E-state index in [9.17, 15) is 9.59 Å². The first-order chi connectivity index (χ1) is 16.5. The van der Waals surface area contributed by atoms with Crippen LogP contribution < -0.4 is 9.80 Å². The van der Waals surface area contributed by atoms with E-state index in [1.807, 2.05) is 46.2 Å². The quantitative estimate of drug-likeness (QED) is 0.562. The van der Waals surface area contributed by atoms with E-state index in [0.717, 1.165) is 30.9 Å². The number of piperazine rings is 1. The minimum absolute atomic E-state index is 0.0120. The highest BCUT2D eigenvalue weighted by Gasteiger charge is 2.34. The third-order valence-corrected chi connectivity index (χ3v) is 7.07. The van der Waals surface area contributed by atoms with E-state index in [1.54, 1.807) is 23.3 Å². The molecule has 2 aliphatic heterocycles. The summed E-state index contributed by atoms with van der Waals surface area (Å²) in [4.78, 5) is 37.0. The first-order valence-corrected chi connectivity index (χ1v) is 12.0. The van der Waals surface area contributed by atoms with Crippen LogP contribution in [-0.2, 0) is 16.0 Å². The van der Waals surface area contributed by atoms with Crippen LogP contribution in [0.25, 0.3) is 0 Å². The number of hydrogen-bond acceptors (Lipinski definition) is 4. The van der Waals surface area contributed by atoms with Crippen LogP contribution in [0.15, 0.2) is 61.2 Å². The molecule has 0 radical (unpaired) electrons. The van der Waals surface area contributed by atoms with Crippen molar-refractivity contribution in [2.75, 3.05) is 42.5 Å². The fourth-order valence-corrected chi connectivity index (χ4v) is 5.10. The summed E-state index contributed by atoms with van der Waals surface area (Å²) in [5.74, 6) is -0.0773. The van der Waals surface area contributed by atoms with E-state index in [2.05, 4.69) is 22.9 Å². The van der Waals surface area contributed by atoms with Crippen molar-refractivity contribution >= 4 is 34.8 Å². The van der Waals surface area contributed by atoms with Gasteiger partial charge in [-0.2, -0.15) is 0 Å². The van der Waals surface area contributed by atoms with Crippen molar-refractivity contribution in [3.05, 3.63) is 77.3 Å². The number of anilines is 2. The summed E-state index contributed by atoms with van der Waals surface area (Å²) >= 11 is 6.20. The Morgan fingerprint density at radius 3 is 2.59 bits per heavy atom. The van der Waals surface area contributed by atoms with Gasteiger partial charge in [-0.05, 0) is 42.7 Å². The van der Waals surface area contributed by atoms with Gasteiger partial charge in [0.15, 0.2) is 0 Å². The molecule has 1 aromatic heterocycles. The molecule has 2 amide bonds. The number of aromatic nitrogens is 2. The zero-order chi connectivity index (χ0) is 23.7. The van der Waals surface area contributed by atoms with Gasteiger partial charge in [-0.3, -0.25) is 9.59 Å². The largest absolute Gasteiger partial charge is 0.368 e. The predicted octanol–water partition coefficient (Wildman–Crippen LogP) is 3.71. The number of carbonyl (C=O) groups is 2. The Hall–Kier alpha value is -3.32. The number of amides is 2. The third kappa shape index (κ3) is 4.40. The van der Waals surface area contributed by atoms with Crippen LogP contribution in [0.3, 0.4) is 0 Å². The van der Waals surface area contributed by atoms with Crippen molar-refractivity contribution in [1.82, 2.24) is 14.5 Å².